The summed E-state index contributed by atoms with van der Waals surface area (Å²) in [7, 11) is 0. The molecule has 166 valence electrons. The smallest absolute Gasteiger partial charge is 0.410 e. The number of benzene rings is 2. The highest BCUT2D eigenvalue weighted by atomic mass is 19.2. The van der Waals surface area contributed by atoms with Gasteiger partial charge in [-0.15, -0.1) is 0 Å². The Hall–Kier alpha value is -3.55. The number of pyridine rings is 1. The lowest BCUT2D eigenvalue weighted by Gasteiger charge is -2.32. The largest absolute Gasteiger partial charge is 0.444 e. The minimum Gasteiger partial charge on any atom is -0.444 e. The number of halogens is 2. The summed E-state index contributed by atoms with van der Waals surface area (Å²) in [6.07, 6.45) is -0.00603. The van der Waals surface area contributed by atoms with Gasteiger partial charge in [0.1, 0.15) is 5.60 Å². The fourth-order valence-electron chi connectivity index (χ4n) is 3.70. The van der Waals surface area contributed by atoms with Crippen molar-refractivity contribution in [2.24, 2.45) is 0 Å². The van der Waals surface area contributed by atoms with E-state index in [4.69, 9.17) is 9.72 Å². The first-order valence-electron chi connectivity index (χ1n) is 10.3. The van der Waals surface area contributed by atoms with Crippen molar-refractivity contribution < 1.29 is 23.1 Å². The minimum absolute atomic E-state index is 0.128. The number of para-hydroxylation sites is 1. The van der Waals surface area contributed by atoms with Gasteiger partial charge in [-0.3, -0.25) is 9.78 Å². The van der Waals surface area contributed by atoms with Crippen molar-refractivity contribution in [2.45, 2.75) is 39.3 Å². The molecule has 32 heavy (non-hydrogen) atoms. The van der Waals surface area contributed by atoms with Gasteiger partial charge in [-0.1, -0.05) is 18.2 Å². The highest BCUT2D eigenvalue weighted by Gasteiger charge is 2.30. The Kier molecular flexibility index (Phi) is 5.54. The molecule has 2 heterocycles. The maximum atomic E-state index is 13.6. The van der Waals surface area contributed by atoms with Crippen LogP contribution in [0.5, 0.6) is 0 Å². The van der Waals surface area contributed by atoms with Crippen molar-refractivity contribution in [2.75, 3.05) is 11.9 Å². The quantitative estimate of drug-likeness (QED) is 0.606. The number of nitrogens with zero attached hydrogens (tertiary/aromatic N) is 2. The van der Waals surface area contributed by atoms with E-state index in [1.54, 1.807) is 37.8 Å². The fraction of sp³-hybridized carbons (Fsp3) is 0.292. The predicted octanol–water partition coefficient (Wildman–Crippen LogP) is 5.06. The van der Waals surface area contributed by atoms with Crippen LogP contribution in [-0.4, -0.2) is 34.0 Å². The fourth-order valence-corrected chi connectivity index (χ4v) is 3.70. The zero-order chi connectivity index (χ0) is 23.0. The molecule has 0 atom stereocenters. The van der Waals surface area contributed by atoms with Crippen molar-refractivity contribution in [3.05, 3.63) is 70.9 Å². The maximum absolute atomic E-state index is 13.6. The van der Waals surface area contributed by atoms with Crippen LogP contribution in [0.25, 0.3) is 10.9 Å². The molecule has 0 aliphatic carbocycles. The molecule has 2 amide bonds. The molecule has 3 aromatic rings. The first kappa shape index (κ1) is 21.7. The van der Waals surface area contributed by atoms with Gasteiger partial charge in [0.25, 0.3) is 5.91 Å². The van der Waals surface area contributed by atoms with Crippen LogP contribution in [0.4, 0.5) is 19.3 Å². The second kappa shape index (κ2) is 8.18. The Morgan fingerprint density at radius 3 is 2.56 bits per heavy atom. The molecule has 1 aromatic heterocycles. The summed E-state index contributed by atoms with van der Waals surface area (Å²) in [6.45, 7) is 5.94. The summed E-state index contributed by atoms with van der Waals surface area (Å²) in [5.41, 5.74) is 1.81. The second-order valence-electron chi connectivity index (χ2n) is 8.66. The van der Waals surface area contributed by atoms with Crippen LogP contribution < -0.4 is 5.32 Å². The summed E-state index contributed by atoms with van der Waals surface area (Å²) < 4.78 is 32.4. The van der Waals surface area contributed by atoms with Gasteiger partial charge in [0.2, 0.25) is 0 Å². The monoisotopic (exact) mass is 439 g/mol. The summed E-state index contributed by atoms with van der Waals surface area (Å²) in [5, 5.41) is 3.25. The van der Waals surface area contributed by atoms with E-state index in [9.17, 15) is 18.4 Å². The molecule has 6 nitrogen and oxygen atoms in total. The lowest BCUT2D eigenvalue weighted by atomic mass is 9.95. The van der Waals surface area contributed by atoms with E-state index in [-0.39, 0.29) is 12.2 Å². The summed E-state index contributed by atoms with van der Waals surface area (Å²) >= 11 is 0. The number of anilines is 1. The predicted molar refractivity (Wildman–Crippen MR) is 116 cm³/mol. The highest BCUT2D eigenvalue weighted by molar-refractivity contribution is 6.13. The number of hydrogen-bond donors (Lipinski definition) is 1. The van der Waals surface area contributed by atoms with Crippen molar-refractivity contribution in [3.63, 3.8) is 0 Å². The van der Waals surface area contributed by atoms with Gasteiger partial charge in [-0.2, -0.15) is 0 Å². The standard InChI is InChI=1S/C24H23F2N3O3/c1-24(2,3)32-23(31)29-11-10-20-16(13-29)21(15-6-4-5-7-19(15)28-20)22(30)27-14-8-9-17(25)18(26)12-14/h4-9,12H,10-11,13H2,1-3H3,(H,27,30). The van der Waals surface area contributed by atoms with Crippen LogP contribution >= 0.6 is 0 Å². The normalized spacial score (nSPS) is 13.6. The lowest BCUT2D eigenvalue weighted by Crippen LogP contribution is -2.41. The van der Waals surface area contributed by atoms with Gasteiger partial charge < -0.3 is 15.0 Å². The number of ether oxygens (including phenoxy) is 1. The number of amides is 2. The van der Waals surface area contributed by atoms with Crippen LogP contribution in [0.3, 0.4) is 0 Å². The van der Waals surface area contributed by atoms with E-state index in [2.05, 4.69) is 5.32 Å². The van der Waals surface area contributed by atoms with Gasteiger partial charge in [0.15, 0.2) is 11.6 Å². The van der Waals surface area contributed by atoms with E-state index in [0.29, 0.717) is 35.0 Å². The van der Waals surface area contributed by atoms with Crippen LogP contribution in [-0.2, 0) is 17.7 Å². The number of fused-ring (bicyclic) bond motifs is 2. The number of carbonyl (C=O) groups excluding carboxylic acids is 2. The summed E-state index contributed by atoms with van der Waals surface area (Å²) in [4.78, 5) is 32.2. The molecule has 8 heteroatoms. The Morgan fingerprint density at radius 2 is 1.84 bits per heavy atom. The molecule has 0 saturated carbocycles. The van der Waals surface area contributed by atoms with Gasteiger partial charge in [-0.05, 0) is 39.0 Å². The zero-order valence-electron chi connectivity index (χ0n) is 18.0. The maximum Gasteiger partial charge on any atom is 0.410 e. The third kappa shape index (κ3) is 4.39. The number of rotatable bonds is 2. The van der Waals surface area contributed by atoms with Gasteiger partial charge in [-0.25, -0.2) is 13.6 Å². The molecule has 4 rings (SSSR count). The number of nitrogens with one attached hydrogen (secondary N) is 1. The van der Waals surface area contributed by atoms with Gasteiger partial charge in [0, 0.05) is 41.4 Å². The van der Waals surface area contributed by atoms with Crippen LogP contribution in [0.2, 0.25) is 0 Å². The number of aromatic nitrogens is 1. The molecule has 0 unspecified atom stereocenters. The Bertz CT molecular complexity index is 1220. The van der Waals surface area contributed by atoms with Crippen molar-refractivity contribution in [1.29, 1.82) is 0 Å². The Morgan fingerprint density at radius 1 is 1.09 bits per heavy atom. The Labute approximate surface area is 184 Å². The molecule has 0 saturated heterocycles. The van der Waals surface area contributed by atoms with Gasteiger partial charge >= 0.3 is 6.09 Å². The average molecular weight is 439 g/mol. The van der Waals surface area contributed by atoms with Crippen LogP contribution in [0, 0.1) is 11.6 Å². The van der Waals surface area contributed by atoms with E-state index < -0.39 is 29.2 Å². The molecular formula is C24H23F2N3O3. The highest BCUT2D eigenvalue weighted by Crippen LogP contribution is 2.30. The molecule has 1 N–H and O–H groups in total. The number of hydrogen-bond acceptors (Lipinski definition) is 4. The molecule has 1 aliphatic rings. The summed E-state index contributed by atoms with van der Waals surface area (Å²) in [5.74, 6) is -2.54. The third-order valence-corrected chi connectivity index (χ3v) is 5.10. The molecule has 1 aliphatic heterocycles. The van der Waals surface area contributed by atoms with Crippen molar-refractivity contribution >= 4 is 28.6 Å². The number of carbonyl (C=O) groups is 2. The first-order valence-corrected chi connectivity index (χ1v) is 10.3. The van der Waals surface area contributed by atoms with Crippen LogP contribution in [0.1, 0.15) is 42.4 Å². The zero-order valence-corrected chi connectivity index (χ0v) is 18.0. The minimum atomic E-state index is -1.06. The molecular weight excluding hydrogens is 416 g/mol. The average Bonchev–Trinajstić information content (AvgIpc) is 2.73. The van der Waals surface area contributed by atoms with E-state index in [1.807, 2.05) is 12.1 Å². The van der Waals surface area contributed by atoms with Crippen molar-refractivity contribution in [3.8, 4) is 0 Å². The second-order valence-corrected chi connectivity index (χ2v) is 8.66. The van der Waals surface area contributed by atoms with E-state index in [0.717, 1.165) is 17.8 Å². The molecule has 0 spiro atoms. The molecule has 0 radical (unpaired) electrons. The van der Waals surface area contributed by atoms with Gasteiger partial charge in [0.05, 0.1) is 17.6 Å². The van der Waals surface area contributed by atoms with Crippen LogP contribution in [0.15, 0.2) is 42.5 Å². The summed E-state index contributed by atoms with van der Waals surface area (Å²) in [6, 6.07) is 10.4. The molecule has 2 aromatic carbocycles. The molecule has 0 bridgehead atoms. The first-order chi connectivity index (χ1) is 15.1. The Balaban J connectivity index is 1.74. The third-order valence-electron chi connectivity index (χ3n) is 5.10. The SMILES string of the molecule is CC(C)(C)OC(=O)N1CCc2nc3ccccc3c(C(=O)Nc3ccc(F)c(F)c3)c2C1. The van der Waals surface area contributed by atoms with Crippen molar-refractivity contribution in [1.82, 2.24) is 9.88 Å². The molecule has 0 fully saturated rings. The lowest BCUT2D eigenvalue weighted by molar-refractivity contribution is 0.0222. The van der Waals surface area contributed by atoms with E-state index >= 15 is 0 Å². The topological polar surface area (TPSA) is 71.5 Å². The van der Waals surface area contributed by atoms with E-state index in [1.165, 1.54) is 6.07 Å².